The van der Waals surface area contributed by atoms with Crippen molar-refractivity contribution in [3.8, 4) is 0 Å². The molecule has 0 fully saturated rings. The van der Waals surface area contributed by atoms with Gasteiger partial charge in [0, 0.05) is 13.1 Å². The summed E-state index contributed by atoms with van der Waals surface area (Å²) in [4.78, 5) is 0. The number of unbranched alkanes of at least 4 members (excludes halogenated alkanes) is 18. The molecule has 46 N–H and O–H groups in total. The quantitative estimate of drug-likeness (QED) is 0.0116. The summed E-state index contributed by atoms with van der Waals surface area (Å²) in [5, 5.41) is 0. The first kappa shape index (κ1) is 64.2. The van der Waals surface area contributed by atoms with E-state index in [1.807, 2.05) is 0 Å². The third kappa shape index (κ3) is 62.2. The predicted molar refractivity (Wildman–Crippen MR) is 242 cm³/mol. The summed E-state index contributed by atoms with van der Waals surface area (Å²) in [7, 11) is 0. The van der Waals surface area contributed by atoms with Gasteiger partial charge in [0.05, 0.1) is 6.67 Å². The minimum absolute atomic E-state index is 0.455. The number of nitrogens with two attached hydrogens (primary N) is 2. The summed E-state index contributed by atoms with van der Waals surface area (Å²) in [5.74, 6) is 9.98. The Hall–Kier alpha value is -1.76. The molecule has 0 aromatic rings. The van der Waals surface area contributed by atoms with Crippen LogP contribution < -0.4 is 244 Å². The fourth-order valence-corrected chi connectivity index (χ4v) is 4.88. The molecule has 0 aliphatic carbocycles. The molecule has 44 heteroatoms. The Kier molecular flexibility index (Phi) is 61.6. The van der Waals surface area contributed by atoms with E-state index in [4.69, 9.17) is 11.7 Å². The molecule has 44 nitrogen and oxygen atoms in total. The number of rotatable bonds is 63. The molecule has 66 heavy (non-hydrogen) atoms. The Morgan fingerprint density at radius 2 is 0.303 bits per heavy atom. The molecule has 0 radical (unpaired) electrons. The van der Waals surface area contributed by atoms with Crippen LogP contribution in [0.3, 0.4) is 0 Å². The van der Waals surface area contributed by atoms with E-state index in [9.17, 15) is 0 Å². The maximum atomic E-state index is 5.03. The molecule has 0 atom stereocenters. The summed E-state index contributed by atoms with van der Waals surface area (Å²) in [6.07, 6.45) is 25.2. The average molecular weight is 971 g/mol. The van der Waals surface area contributed by atoms with E-state index in [2.05, 4.69) is 232 Å². The van der Waals surface area contributed by atoms with E-state index in [1.54, 1.807) is 0 Å². The van der Waals surface area contributed by atoms with E-state index in [1.165, 1.54) is 109 Å². The molecule has 0 amide bonds. The molecule has 0 aliphatic rings. The normalized spacial score (nSPS) is 11.7. The Balaban J connectivity index is 3.06. The summed E-state index contributed by atoms with van der Waals surface area (Å²) >= 11 is 0. The van der Waals surface area contributed by atoms with Crippen LogP contribution in [0, 0.1) is 0 Å². The highest BCUT2D eigenvalue weighted by Gasteiger charge is 1.97. The Labute approximate surface area is 385 Å². The lowest BCUT2D eigenvalue weighted by molar-refractivity contribution is 0.182. The van der Waals surface area contributed by atoms with Crippen LogP contribution in [0.5, 0.6) is 0 Å². The van der Waals surface area contributed by atoms with Gasteiger partial charge in [0.1, 0.15) is 0 Å². The molecule has 0 aromatic heterocycles. The zero-order chi connectivity index (χ0) is 47.3. The van der Waals surface area contributed by atoms with Gasteiger partial charge in [-0.25, -0.2) is 21.7 Å². The van der Waals surface area contributed by atoms with Gasteiger partial charge >= 0.3 is 0 Å². The van der Waals surface area contributed by atoms with Crippen molar-refractivity contribution in [3.05, 3.63) is 0 Å². The highest BCUT2D eigenvalue weighted by Crippen LogP contribution is 2.14. The minimum Gasteiger partial charge on any atom is -0.257 e. The third-order valence-electron chi connectivity index (χ3n) is 7.84. The smallest absolute Gasteiger partial charge is 0.0748 e. The van der Waals surface area contributed by atoms with Crippen LogP contribution in [0.25, 0.3) is 0 Å². The molecule has 0 bridgehead atoms. The highest BCUT2D eigenvalue weighted by molar-refractivity contribution is 4.52. The minimum atomic E-state index is 0.455. The van der Waals surface area contributed by atoms with Gasteiger partial charge in [0.25, 0.3) is 0 Å². The summed E-state index contributed by atoms with van der Waals surface area (Å²) in [6, 6.07) is 0. The number of hydrogen-bond acceptors (Lipinski definition) is 44. The topological polar surface area (TPSA) is 557 Å². The second-order valence-electron chi connectivity index (χ2n) is 12.9. The zero-order valence-electron chi connectivity index (χ0n) is 37.7. The van der Waals surface area contributed by atoms with Gasteiger partial charge in [-0.1, -0.05) is 109 Å². The van der Waals surface area contributed by atoms with Crippen LogP contribution in [0.1, 0.15) is 122 Å². The van der Waals surface area contributed by atoms with Crippen molar-refractivity contribution in [2.24, 2.45) is 11.7 Å². The van der Waals surface area contributed by atoms with Crippen LogP contribution in [0.15, 0.2) is 0 Å². The molecule has 0 aliphatic heterocycles. The summed E-state index contributed by atoms with van der Waals surface area (Å²) in [6.45, 7) is 2.24. The number of hydrazine groups is 41. The van der Waals surface area contributed by atoms with E-state index in [0.29, 0.717) is 6.67 Å². The molecular weight excluding hydrogens is 881 g/mol. The van der Waals surface area contributed by atoms with Crippen molar-refractivity contribution in [2.45, 2.75) is 122 Å². The molecule has 0 aromatic carbocycles. The van der Waals surface area contributed by atoms with E-state index in [-0.39, 0.29) is 0 Å². The Morgan fingerprint density at radius 3 is 0.545 bits per heavy atom. The SMILES string of the molecule is NNNNNCNNNNNCCCCCCCCCCCCCCCCCCCCCNNNNNNNNNNNNNNNNNNNNNNNNNNNNNNNNNN. The lowest BCUT2D eigenvalue weighted by atomic mass is 10.0. The molecule has 0 spiro atoms. The van der Waals surface area contributed by atoms with E-state index in [0.717, 1.165) is 25.9 Å². The van der Waals surface area contributed by atoms with Crippen molar-refractivity contribution in [1.82, 2.24) is 232 Å². The summed E-state index contributed by atoms with van der Waals surface area (Å²) in [5.41, 5.74) is 109. The van der Waals surface area contributed by atoms with Crippen molar-refractivity contribution >= 4 is 0 Å². The van der Waals surface area contributed by atoms with Gasteiger partial charge in [-0.15, -0.1) is 0 Å². The van der Waals surface area contributed by atoms with Gasteiger partial charge in [-0.2, -0.15) is 210 Å². The first-order chi connectivity index (χ1) is 32.9. The molecule has 0 saturated carbocycles. The van der Waals surface area contributed by atoms with Crippen molar-refractivity contribution in [3.63, 3.8) is 0 Å². The van der Waals surface area contributed by atoms with Gasteiger partial charge in [0.15, 0.2) is 0 Å². The Morgan fingerprint density at radius 1 is 0.152 bits per heavy atom. The van der Waals surface area contributed by atoms with Crippen molar-refractivity contribution in [2.75, 3.05) is 19.8 Å². The largest absolute Gasteiger partial charge is 0.257 e. The first-order valence-corrected chi connectivity index (χ1v) is 21.7. The lowest BCUT2D eigenvalue weighted by Gasteiger charge is -2.16. The monoisotopic (exact) mass is 971 g/mol. The first-order valence-electron chi connectivity index (χ1n) is 21.7. The molecule has 0 unspecified atom stereocenters. The van der Waals surface area contributed by atoms with Gasteiger partial charge in [-0.05, 0) is 12.8 Å². The van der Waals surface area contributed by atoms with E-state index >= 15 is 0 Å². The predicted octanol–water partition coefficient (Wildman–Crippen LogP) is -14.4. The second-order valence-corrected chi connectivity index (χ2v) is 12.9. The fourth-order valence-electron chi connectivity index (χ4n) is 4.88. The molecule has 0 rings (SSSR count). The third-order valence-corrected chi connectivity index (χ3v) is 7.84. The van der Waals surface area contributed by atoms with Crippen molar-refractivity contribution in [1.29, 1.82) is 0 Å². The maximum Gasteiger partial charge on any atom is 0.0748 e. The molecule has 398 valence electrons. The molecular formula is C22H90N44. The standard InChI is InChI=1S/C22H90N44/c23-29-35-33-27-22-28-34-37-31-25-20-18-16-14-12-10-8-6-4-2-1-3-5-7-9-11-13-15-17-19-21-26-32-38-40-42-44-46-48-50-52-54-56-58-60-62-64-66-65-63-61-59-57-55-53-51-49-47-45-43-41-39-36-30-24/h25-66H,1-24H2. The summed E-state index contributed by atoms with van der Waals surface area (Å²) < 4.78 is 0. The lowest BCUT2D eigenvalue weighted by Crippen LogP contribution is -2.70. The molecule has 0 heterocycles. The van der Waals surface area contributed by atoms with Gasteiger partial charge < -0.3 is 0 Å². The van der Waals surface area contributed by atoms with Gasteiger partial charge in [-0.3, -0.25) is 11.7 Å². The second kappa shape index (κ2) is 63.2. The maximum absolute atomic E-state index is 5.03. The van der Waals surface area contributed by atoms with E-state index < -0.39 is 0 Å². The number of hydrogen-bond donors (Lipinski definition) is 44. The zero-order valence-corrected chi connectivity index (χ0v) is 37.7. The van der Waals surface area contributed by atoms with Crippen LogP contribution in [-0.4, -0.2) is 19.8 Å². The Bertz CT molecular complexity index is 765. The van der Waals surface area contributed by atoms with Crippen molar-refractivity contribution < 1.29 is 0 Å². The average Bonchev–Trinajstić information content (AvgIpc) is 3.33. The van der Waals surface area contributed by atoms with Crippen LogP contribution >= 0.6 is 0 Å². The van der Waals surface area contributed by atoms with Crippen LogP contribution in [-0.2, 0) is 0 Å². The van der Waals surface area contributed by atoms with Gasteiger partial charge in [0.2, 0.25) is 0 Å². The number of nitrogens with one attached hydrogen (secondary N) is 42. The fraction of sp³-hybridized carbons (Fsp3) is 1.00. The molecule has 0 saturated heterocycles. The van der Waals surface area contributed by atoms with Crippen LogP contribution in [0.4, 0.5) is 0 Å². The highest BCUT2D eigenvalue weighted by atomic mass is 16.0. The van der Waals surface area contributed by atoms with Crippen LogP contribution in [0.2, 0.25) is 0 Å².